The Morgan fingerprint density at radius 2 is 1.55 bits per heavy atom. The molecule has 2 rings (SSSR count). The highest BCUT2D eigenvalue weighted by Crippen LogP contribution is 2.30. The van der Waals surface area contributed by atoms with Crippen molar-refractivity contribution in [2.45, 2.75) is 26.2 Å². The summed E-state index contributed by atoms with van der Waals surface area (Å²) in [5.74, 6) is 0.665. The van der Waals surface area contributed by atoms with Crippen LogP contribution in [0.3, 0.4) is 0 Å². The van der Waals surface area contributed by atoms with E-state index in [1.54, 1.807) is 31.3 Å². The first kappa shape index (κ1) is 22.3. The van der Waals surface area contributed by atoms with Crippen LogP contribution in [-0.2, 0) is 16.0 Å². The molecule has 0 heterocycles. The summed E-state index contributed by atoms with van der Waals surface area (Å²) >= 11 is 0. The molecule has 6 nitrogen and oxygen atoms in total. The minimum absolute atomic E-state index is 0.147. The topological polar surface area (TPSA) is 65.1 Å². The number of nitrogens with zero attached hydrogens (tertiary/aromatic N) is 1. The van der Waals surface area contributed by atoms with Crippen molar-refractivity contribution in [3.63, 3.8) is 0 Å². The van der Waals surface area contributed by atoms with Gasteiger partial charge in [0.1, 0.15) is 11.5 Å². The Morgan fingerprint density at radius 3 is 2.10 bits per heavy atom. The van der Waals surface area contributed by atoms with Gasteiger partial charge in [0, 0.05) is 24.2 Å². The lowest BCUT2D eigenvalue weighted by Crippen LogP contribution is -2.34. The van der Waals surface area contributed by atoms with E-state index in [0.717, 1.165) is 18.4 Å². The molecule has 0 radical (unpaired) electrons. The van der Waals surface area contributed by atoms with Crippen LogP contribution >= 0.6 is 0 Å². The van der Waals surface area contributed by atoms with Gasteiger partial charge >= 0.3 is 5.97 Å². The zero-order valence-corrected chi connectivity index (χ0v) is 17.6. The Bertz CT molecular complexity index is 794. The SMILES string of the molecule is COC(=O)CCN(CCCc1ccccc1)C(=O)c1cc(OC)c(C)c(OC)c1. The Labute approximate surface area is 172 Å². The third-order valence-corrected chi connectivity index (χ3v) is 4.84. The van der Waals surface area contributed by atoms with Crippen molar-refractivity contribution in [2.75, 3.05) is 34.4 Å². The fourth-order valence-electron chi connectivity index (χ4n) is 3.15. The standard InChI is InChI=1S/C23H29NO5/c1-17-20(27-2)15-19(16-21(17)28-3)23(26)24(14-12-22(25)29-4)13-8-11-18-9-6-5-7-10-18/h5-7,9-10,15-16H,8,11-14H2,1-4H3. The fourth-order valence-corrected chi connectivity index (χ4v) is 3.15. The minimum Gasteiger partial charge on any atom is -0.496 e. The zero-order chi connectivity index (χ0) is 21.2. The van der Waals surface area contributed by atoms with Crippen molar-refractivity contribution < 1.29 is 23.8 Å². The summed E-state index contributed by atoms with van der Waals surface area (Å²) in [5, 5.41) is 0. The molecule has 0 saturated heterocycles. The van der Waals surface area contributed by atoms with Gasteiger partial charge in [0.25, 0.3) is 5.91 Å². The van der Waals surface area contributed by atoms with Gasteiger partial charge in [0.15, 0.2) is 0 Å². The van der Waals surface area contributed by atoms with E-state index in [-0.39, 0.29) is 18.3 Å². The Morgan fingerprint density at radius 1 is 0.931 bits per heavy atom. The number of methoxy groups -OCH3 is 3. The van der Waals surface area contributed by atoms with Crippen LogP contribution in [0, 0.1) is 6.92 Å². The second kappa shape index (κ2) is 11.1. The summed E-state index contributed by atoms with van der Waals surface area (Å²) in [6.45, 7) is 2.70. The van der Waals surface area contributed by atoms with Crippen molar-refractivity contribution in [3.05, 3.63) is 59.2 Å². The summed E-state index contributed by atoms with van der Waals surface area (Å²) in [5.41, 5.74) is 2.51. The van der Waals surface area contributed by atoms with Gasteiger partial charge in [-0.3, -0.25) is 9.59 Å². The number of aryl methyl sites for hydroxylation is 1. The molecule has 0 saturated carbocycles. The lowest BCUT2D eigenvalue weighted by atomic mass is 10.1. The van der Waals surface area contributed by atoms with E-state index in [9.17, 15) is 9.59 Å². The van der Waals surface area contributed by atoms with E-state index in [1.165, 1.54) is 12.7 Å². The van der Waals surface area contributed by atoms with Crippen LogP contribution in [0.1, 0.15) is 34.3 Å². The van der Waals surface area contributed by atoms with Crippen LogP contribution < -0.4 is 9.47 Å². The lowest BCUT2D eigenvalue weighted by Gasteiger charge is -2.23. The maximum Gasteiger partial charge on any atom is 0.307 e. The molecule has 0 aliphatic heterocycles. The number of carbonyl (C=O) groups is 2. The average molecular weight is 399 g/mol. The van der Waals surface area contributed by atoms with E-state index >= 15 is 0 Å². The first-order valence-electron chi connectivity index (χ1n) is 9.62. The number of esters is 1. The molecule has 0 fully saturated rings. The molecule has 156 valence electrons. The summed E-state index contributed by atoms with van der Waals surface area (Å²) < 4.78 is 15.5. The second-order valence-corrected chi connectivity index (χ2v) is 6.71. The van der Waals surface area contributed by atoms with E-state index in [0.29, 0.717) is 30.2 Å². The van der Waals surface area contributed by atoms with Gasteiger partial charge in [0.05, 0.1) is 27.8 Å². The molecule has 0 aromatic heterocycles. The van der Waals surface area contributed by atoms with Crippen LogP contribution in [-0.4, -0.2) is 51.2 Å². The molecular weight excluding hydrogens is 370 g/mol. The van der Waals surface area contributed by atoms with Gasteiger partial charge in [-0.1, -0.05) is 30.3 Å². The van der Waals surface area contributed by atoms with Gasteiger partial charge in [-0.05, 0) is 37.5 Å². The first-order chi connectivity index (χ1) is 14.0. The summed E-state index contributed by atoms with van der Waals surface area (Å²) in [6.07, 6.45) is 1.79. The van der Waals surface area contributed by atoms with Crippen molar-refractivity contribution in [1.29, 1.82) is 0 Å². The Balaban J connectivity index is 2.17. The van der Waals surface area contributed by atoms with Gasteiger partial charge < -0.3 is 19.1 Å². The van der Waals surface area contributed by atoms with Crippen molar-refractivity contribution in [1.82, 2.24) is 4.90 Å². The summed E-state index contributed by atoms with van der Waals surface area (Å²) in [6, 6.07) is 13.5. The van der Waals surface area contributed by atoms with Crippen molar-refractivity contribution in [2.24, 2.45) is 0 Å². The maximum atomic E-state index is 13.2. The summed E-state index contributed by atoms with van der Waals surface area (Å²) in [4.78, 5) is 26.5. The van der Waals surface area contributed by atoms with Crippen LogP contribution in [0.5, 0.6) is 11.5 Å². The van der Waals surface area contributed by atoms with Gasteiger partial charge in [0.2, 0.25) is 0 Å². The van der Waals surface area contributed by atoms with Crippen LogP contribution in [0.25, 0.3) is 0 Å². The predicted octanol–water partition coefficient (Wildman–Crippen LogP) is 3.65. The fraction of sp³-hybridized carbons (Fsp3) is 0.391. The third-order valence-electron chi connectivity index (χ3n) is 4.84. The molecule has 0 N–H and O–H groups in total. The van der Waals surface area contributed by atoms with Crippen LogP contribution in [0.4, 0.5) is 0 Å². The molecule has 1 amide bonds. The highest BCUT2D eigenvalue weighted by Gasteiger charge is 2.20. The molecule has 2 aromatic carbocycles. The second-order valence-electron chi connectivity index (χ2n) is 6.71. The highest BCUT2D eigenvalue weighted by atomic mass is 16.5. The molecule has 0 aliphatic carbocycles. The quantitative estimate of drug-likeness (QED) is 0.571. The van der Waals surface area contributed by atoms with Gasteiger partial charge in [-0.25, -0.2) is 0 Å². The number of ether oxygens (including phenoxy) is 3. The summed E-state index contributed by atoms with van der Waals surface area (Å²) in [7, 11) is 4.47. The van der Waals surface area contributed by atoms with E-state index in [4.69, 9.17) is 14.2 Å². The molecule has 0 atom stereocenters. The Kier molecular flexibility index (Phi) is 8.52. The predicted molar refractivity (Wildman–Crippen MR) is 112 cm³/mol. The normalized spacial score (nSPS) is 10.3. The molecule has 6 heteroatoms. The average Bonchev–Trinajstić information content (AvgIpc) is 2.76. The number of rotatable bonds is 10. The molecule has 2 aromatic rings. The largest absolute Gasteiger partial charge is 0.496 e. The third kappa shape index (κ3) is 6.24. The first-order valence-corrected chi connectivity index (χ1v) is 9.62. The highest BCUT2D eigenvalue weighted by molar-refractivity contribution is 5.95. The molecule has 0 spiro atoms. The van der Waals surface area contributed by atoms with Gasteiger partial charge in [-0.15, -0.1) is 0 Å². The molecule has 0 unspecified atom stereocenters. The zero-order valence-electron chi connectivity index (χ0n) is 17.6. The van der Waals surface area contributed by atoms with Crippen molar-refractivity contribution >= 4 is 11.9 Å². The smallest absolute Gasteiger partial charge is 0.307 e. The van der Waals surface area contributed by atoms with Crippen LogP contribution in [0.15, 0.2) is 42.5 Å². The number of carbonyl (C=O) groups excluding carboxylic acids is 2. The minimum atomic E-state index is -0.343. The molecule has 29 heavy (non-hydrogen) atoms. The lowest BCUT2D eigenvalue weighted by molar-refractivity contribution is -0.140. The van der Waals surface area contributed by atoms with Crippen molar-refractivity contribution in [3.8, 4) is 11.5 Å². The number of amides is 1. The molecule has 0 aliphatic rings. The number of hydrogen-bond donors (Lipinski definition) is 0. The maximum absolute atomic E-state index is 13.2. The Hall–Kier alpha value is -3.02. The van der Waals surface area contributed by atoms with Crippen LogP contribution in [0.2, 0.25) is 0 Å². The van der Waals surface area contributed by atoms with E-state index < -0.39 is 0 Å². The monoisotopic (exact) mass is 399 g/mol. The van der Waals surface area contributed by atoms with E-state index in [2.05, 4.69) is 12.1 Å². The van der Waals surface area contributed by atoms with E-state index in [1.807, 2.05) is 25.1 Å². The number of hydrogen-bond acceptors (Lipinski definition) is 5. The molecular formula is C23H29NO5. The van der Waals surface area contributed by atoms with Gasteiger partial charge in [-0.2, -0.15) is 0 Å². The number of benzene rings is 2. The molecule has 0 bridgehead atoms.